The first-order chi connectivity index (χ1) is 13.5. The van der Waals surface area contributed by atoms with Crippen LogP contribution in [0.1, 0.15) is 50.8 Å². The van der Waals surface area contributed by atoms with Gasteiger partial charge in [0.1, 0.15) is 0 Å². The monoisotopic (exact) mass is 516 g/mol. The first kappa shape index (κ1) is 25.7. The van der Waals surface area contributed by atoms with E-state index in [-0.39, 0.29) is 41.9 Å². The lowest BCUT2D eigenvalue weighted by molar-refractivity contribution is -0.123. The average molecular weight is 516 g/mol. The molecule has 6 nitrogen and oxygen atoms in total. The Morgan fingerprint density at radius 1 is 1.17 bits per heavy atom. The summed E-state index contributed by atoms with van der Waals surface area (Å²) in [5.41, 5.74) is 2.50. The van der Waals surface area contributed by atoms with Gasteiger partial charge in [0, 0.05) is 44.6 Å². The van der Waals surface area contributed by atoms with Crippen molar-refractivity contribution in [2.75, 3.05) is 32.8 Å². The highest BCUT2D eigenvalue weighted by Crippen LogP contribution is 2.33. The van der Waals surface area contributed by atoms with E-state index in [1.165, 1.54) is 11.1 Å². The molecular formula is C22H37IN4O2. The molecule has 0 aromatic heterocycles. The topological polar surface area (TPSA) is 74.8 Å². The van der Waals surface area contributed by atoms with Gasteiger partial charge >= 0.3 is 0 Å². The highest BCUT2D eigenvalue weighted by Gasteiger charge is 2.27. The molecule has 0 aliphatic carbocycles. The number of aliphatic imine (C=N–C) groups is 1. The Kier molecular flexibility index (Phi) is 12.2. The van der Waals surface area contributed by atoms with Crippen molar-refractivity contribution < 1.29 is 9.53 Å². The summed E-state index contributed by atoms with van der Waals surface area (Å²) in [5.74, 6) is 1.23. The summed E-state index contributed by atoms with van der Waals surface area (Å²) < 4.78 is 6.10. The van der Waals surface area contributed by atoms with Crippen LogP contribution >= 0.6 is 24.0 Å². The summed E-state index contributed by atoms with van der Waals surface area (Å²) in [6.45, 7) is 11.5. The van der Waals surface area contributed by atoms with Gasteiger partial charge in [-0.1, -0.05) is 43.7 Å². The Balaban J connectivity index is 0.00000420. The Bertz CT molecular complexity index is 634. The fourth-order valence-electron chi connectivity index (χ4n) is 3.28. The Morgan fingerprint density at radius 2 is 1.86 bits per heavy atom. The van der Waals surface area contributed by atoms with Gasteiger partial charge in [-0.2, -0.15) is 0 Å². The van der Waals surface area contributed by atoms with E-state index in [1.54, 1.807) is 0 Å². The molecule has 2 rings (SSSR count). The summed E-state index contributed by atoms with van der Waals surface area (Å²) in [7, 11) is 0. The summed E-state index contributed by atoms with van der Waals surface area (Å²) in [6.07, 6.45) is 2.30. The second-order valence-corrected chi connectivity index (χ2v) is 7.70. The Morgan fingerprint density at radius 3 is 2.52 bits per heavy atom. The number of carbonyl (C=O) groups is 1. The number of hydrogen-bond acceptors (Lipinski definition) is 3. The van der Waals surface area contributed by atoms with Crippen molar-refractivity contribution in [2.45, 2.75) is 46.6 Å². The van der Waals surface area contributed by atoms with Gasteiger partial charge in [0.2, 0.25) is 5.91 Å². The van der Waals surface area contributed by atoms with Crippen molar-refractivity contribution in [1.29, 1.82) is 0 Å². The number of halogens is 1. The molecule has 0 bridgehead atoms. The van der Waals surface area contributed by atoms with Crippen molar-refractivity contribution in [3.05, 3.63) is 35.4 Å². The van der Waals surface area contributed by atoms with E-state index in [2.05, 4.69) is 54.1 Å². The summed E-state index contributed by atoms with van der Waals surface area (Å²) in [5, 5.41) is 9.49. The number of rotatable bonds is 8. The molecule has 1 aromatic rings. The molecule has 1 heterocycles. The summed E-state index contributed by atoms with van der Waals surface area (Å²) in [6, 6.07) is 8.63. The van der Waals surface area contributed by atoms with Crippen molar-refractivity contribution in [3.8, 4) is 0 Å². The van der Waals surface area contributed by atoms with Crippen molar-refractivity contribution in [2.24, 2.45) is 16.8 Å². The molecule has 2 atom stereocenters. The zero-order valence-electron chi connectivity index (χ0n) is 18.2. The molecule has 0 spiro atoms. The van der Waals surface area contributed by atoms with Crippen LogP contribution in [0.3, 0.4) is 0 Å². The number of nitrogens with one attached hydrogen (secondary N) is 3. The standard InChI is InChI=1S/C22H36N4O2.HI/c1-5-23-22(25-13-12-24-21(27)16(2)3)26-15-19-7-6-14-28-20(19)18-10-8-17(4)9-11-18;/h8-11,16,19-20H,5-7,12-15H2,1-4H3,(H,24,27)(H2,23,25,26);1H. The summed E-state index contributed by atoms with van der Waals surface area (Å²) >= 11 is 0. The normalized spacial score (nSPS) is 19.4. The van der Waals surface area contributed by atoms with Crippen molar-refractivity contribution in [1.82, 2.24) is 16.0 Å². The third-order valence-electron chi connectivity index (χ3n) is 4.92. The highest BCUT2D eigenvalue weighted by atomic mass is 127. The molecule has 1 saturated heterocycles. The van der Waals surface area contributed by atoms with Crippen LogP contribution in [0.4, 0.5) is 0 Å². The van der Waals surface area contributed by atoms with E-state index in [0.717, 1.165) is 32.0 Å². The molecule has 1 amide bonds. The van der Waals surface area contributed by atoms with Gasteiger partial charge in [0.25, 0.3) is 0 Å². The predicted molar refractivity (Wildman–Crippen MR) is 130 cm³/mol. The minimum atomic E-state index is 0. The third-order valence-corrected chi connectivity index (χ3v) is 4.92. The molecule has 2 unspecified atom stereocenters. The van der Waals surface area contributed by atoms with Gasteiger partial charge in [-0.05, 0) is 32.3 Å². The lowest BCUT2D eigenvalue weighted by Gasteiger charge is -2.31. The summed E-state index contributed by atoms with van der Waals surface area (Å²) in [4.78, 5) is 16.4. The second-order valence-electron chi connectivity index (χ2n) is 7.70. The van der Waals surface area contributed by atoms with E-state index in [9.17, 15) is 4.79 Å². The Labute approximate surface area is 192 Å². The minimum absolute atomic E-state index is 0. The van der Waals surface area contributed by atoms with Crippen LogP contribution in [-0.4, -0.2) is 44.7 Å². The number of carbonyl (C=O) groups excluding carboxylic acids is 1. The maximum Gasteiger partial charge on any atom is 0.222 e. The van der Waals surface area contributed by atoms with E-state index in [1.807, 2.05) is 13.8 Å². The molecule has 0 radical (unpaired) electrons. The van der Waals surface area contributed by atoms with E-state index in [0.29, 0.717) is 25.6 Å². The number of amides is 1. The van der Waals surface area contributed by atoms with Crippen molar-refractivity contribution in [3.63, 3.8) is 0 Å². The zero-order chi connectivity index (χ0) is 20.4. The van der Waals surface area contributed by atoms with Gasteiger partial charge in [-0.3, -0.25) is 9.79 Å². The smallest absolute Gasteiger partial charge is 0.222 e. The number of hydrogen-bond donors (Lipinski definition) is 3. The van der Waals surface area contributed by atoms with Crippen LogP contribution in [-0.2, 0) is 9.53 Å². The van der Waals surface area contributed by atoms with Gasteiger partial charge < -0.3 is 20.7 Å². The van der Waals surface area contributed by atoms with Crippen LogP contribution in [0.2, 0.25) is 0 Å². The average Bonchev–Trinajstić information content (AvgIpc) is 2.70. The number of nitrogens with zero attached hydrogens (tertiary/aromatic N) is 1. The molecule has 164 valence electrons. The van der Waals surface area contributed by atoms with Gasteiger partial charge in [0.05, 0.1) is 6.10 Å². The minimum Gasteiger partial charge on any atom is -0.373 e. The van der Waals surface area contributed by atoms with Gasteiger partial charge in [-0.15, -0.1) is 24.0 Å². The first-order valence-electron chi connectivity index (χ1n) is 10.5. The number of guanidine groups is 1. The molecule has 1 aliphatic heterocycles. The Hall–Kier alpha value is -1.35. The van der Waals surface area contributed by atoms with E-state index in [4.69, 9.17) is 9.73 Å². The SMILES string of the molecule is CCNC(=NCC1CCCOC1c1ccc(C)cc1)NCCNC(=O)C(C)C.I. The third kappa shape index (κ3) is 8.90. The fraction of sp³-hybridized carbons (Fsp3) is 0.636. The first-order valence-corrected chi connectivity index (χ1v) is 10.5. The highest BCUT2D eigenvalue weighted by molar-refractivity contribution is 14.0. The molecule has 0 saturated carbocycles. The molecule has 1 aliphatic rings. The maximum absolute atomic E-state index is 11.6. The van der Waals surface area contributed by atoms with Crippen LogP contribution in [0, 0.1) is 18.8 Å². The number of aryl methyl sites for hydroxylation is 1. The van der Waals surface area contributed by atoms with Crippen LogP contribution in [0.25, 0.3) is 0 Å². The zero-order valence-corrected chi connectivity index (χ0v) is 20.5. The molecule has 7 heteroatoms. The van der Waals surface area contributed by atoms with Crippen LogP contribution in [0.5, 0.6) is 0 Å². The van der Waals surface area contributed by atoms with Crippen LogP contribution < -0.4 is 16.0 Å². The van der Waals surface area contributed by atoms with Crippen LogP contribution in [0.15, 0.2) is 29.3 Å². The molecular weight excluding hydrogens is 479 g/mol. The number of benzene rings is 1. The van der Waals surface area contributed by atoms with E-state index >= 15 is 0 Å². The van der Waals surface area contributed by atoms with Gasteiger partial charge in [-0.25, -0.2) is 0 Å². The lowest BCUT2D eigenvalue weighted by Crippen LogP contribution is -2.42. The van der Waals surface area contributed by atoms with E-state index < -0.39 is 0 Å². The predicted octanol–water partition coefficient (Wildman–Crippen LogP) is 3.41. The second kappa shape index (κ2) is 13.8. The maximum atomic E-state index is 11.6. The fourth-order valence-corrected chi connectivity index (χ4v) is 3.28. The molecule has 3 N–H and O–H groups in total. The van der Waals surface area contributed by atoms with Crippen molar-refractivity contribution >= 4 is 35.8 Å². The number of ether oxygens (including phenoxy) is 1. The largest absolute Gasteiger partial charge is 0.373 e. The quantitative estimate of drug-likeness (QED) is 0.214. The molecule has 1 aromatic carbocycles. The molecule has 1 fully saturated rings. The van der Waals surface area contributed by atoms with Gasteiger partial charge in [0.15, 0.2) is 5.96 Å². The molecule has 29 heavy (non-hydrogen) atoms. The lowest BCUT2D eigenvalue weighted by atomic mass is 9.89.